The van der Waals surface area contributed by atoms with E-state index in [1.165, 1.54) is 12.1 Å². The molecule has 0 spiro atoms. The van der Waals surface area contributed by atoms with Gasteiger partial charge >= 0.3 is 0 Å². The molecule has 4 rings (SSSR count). The van der Waals surface area contributed by atoms with Crippen LogP contribution in [0.1, 0.15) is 41.5 Å². The number of imidazole rings is 1. The number of aromatic nitrogens is 4. The Kier molecular flexibility index (Phi) is 5.17. The van der Waals surface area contributed by atoms with E-state index in [0.717, 1.165) is 54.9 Å². The van der Waals surface area contributed by atoms with Gasteiger partial charge in [0.05, 0.1) is 0 Å². The highest BCUT2D eigenvalue weighted by molar-refractivity contribution is 5.50. The van der Waals surface area contributed by atoms with Gasteiger partial charge < -0.3 is 4.98 Å². The molecule has 0 radical (unpaired) electrons. The zero-order chi connectivity index (χ0) is 19.7. The summed E-state index contributed by atoms with van der Waals surface area (Å²) in [5.41, 5.74) is 3.43. The highest BCUT2D eigenvalue weighted by Crippen LogP contribution is 2.28. The molecule has 7 heteroatoms. The van der Waals surface area contributed by atoms with Gasteiger partial charge in [-0.3, -0.25) is 4.90 Å². The van der Waals surface area contributed by atoms with E-state index in [-0.39, 0.29) is 5.92 Å². The lowest BCUT2D eigenvalue weighted by molar-refractivity contribution is 0.198. The smallest absolute Gasteiger partial charge is 0.156 e. The third-order valence-corrected chi connectivity index (χ3v) is 5.06. The van der Waals surface area contributed by atoms with Gasteiger partial charge in [0.25, 0.3) is 0 Å². The van der Waals surface area contributed by atoms with Crippen molar-refractivity contribution in [3.05, 3.63) is 64.9 Å². The molecular weight excluding hydrogens is 360 g/mol. The zero-order valence-corrected chi connectivity index (χ0v) is 16.0. The van der Waals surface area contributed by atoms with E-state index in [0.29, 0.717) is 17.9 Å². The number of benzene rings is 1. The number of nitrogens with one attached hydrogen (secondary N) is 1. The number of piperidine rings is 1. The van der Waals surface area contributed by atoms with Gasteiger partial charge in [-0.05, 0) is 57.0 Å². The van der Waals surface area contributed by atoms with Gasteiger partial charge in [0.15, 0.2) is 5.82 Å². The van der Waals surface area contributed by atoms with Crippen LogP contribution >= 0.6 is 0 Å². The number of hydrogen-bond donors (Lipinski definition) is 1. The van der Waals surface area contributed by atoms with Crippen molar-refractivity contribution in [3.63, 3.8) is 0 Å². The number of aryl methyl sites for hydroxylation is 2. The molecule has 3 heterocycles. The van der Waals surface area contributed by atoms with E-state index in [2.05, 4.69) is 24.8 Å². The predicted molar refractivity (Wildman–Crippen MR) is 103 cm³/mol. The highest BCUT2D eigenvalue weighted by Gasteiger charge is 2.24. The zero-order valence-electron chi connectivity index (χ0n) is 16.0. The molecule has 1 fully saturated rings. The largest absolute Gasteiger partial charge is 0.341 e. The lowest BCUT2D eigenvalue weighted by atomic mass is 9.93. The molecule has 1 saturated heterocycles. The summed E-state index contributed by atoms with van der Waals surface area (Å²) in [7, 11) is 0. The van der Waals surface area contributed by atoms with Crippen molar-refractivity contribution >= 4 is 0 Å². The molecule has 0 bridgehead atoms. The van der Waals surface area contributed by atoms with E-state index in [9.17, 15) is 8.78 Å². The molecule has 1 aliphatic rings. The minimum absolute atomic E-state index is 0.253. The van der Waals surface area contributed by atoms with Crippen molar-refractivity contribution in [2.75, 3.05) is 13.1 Å². The second-order valence-corrected chi connectivity index (χ2v) is 7.49. The molecule has 28 heavy (non-hydrogen) atoms. The molecule has 2 aromatic heterocycles. The van der Waals surface area contributed by atoms with Crippen LogP contribution in [0.5, 0.6) is 0 Å². The third kappa shape index (κ3) is 4.25. The van der Waals surface area contributed by atoms with E-state index < -0.39 is 11.6 Å². The monoisotopic (exact) mass is 383 g/mol. The van der Waals surface area contributed by atoms with Crippen LogP contribution in [0.4, 0.5) is 8.78 Å². The molecule has 1 atom stereocenters. The summed E-state index contributed by atoms with van der Waals surface area (Å²) in [6, 6.07) is 5.71. The Hall–Kier alpha value is -2.67. The molecule has 0 amide bonds. The molecule has 1 aliphatic heterocycles. The van der Waals surface area contributed by atoms with Crippen molar-refractivity contribution in [2.45, 2.75) is 39.2 Å². The maximum atomic E-state index is 13.5. The number of hydrogen-bond acceptors (Lipinski definition) is 4. The van der Waals surface area contributed by atoms with Crippen LogP contribution in [0.3, 0.4) is 0 Å². The number of halogens is 2. The fourth-order valence-corrected chi connectivity index (χ4v) is 3.87. The quantitative estimate of drug-likeness (QED) is 0.736. The first-order valence-corrected chi connectivity index (χ1v) is 9.51. The number of rotatable bonds is 4. The molecule has 5 nitrogen and oxygen atoms in total. The first-order valence-electron chi connectivity index (χ1n) is 9.51. The molecule has 0 unspecified atom stereocenters. The summed E-state index contributed by atoms with van der Waals surface area (Å²) in [6.45, 7) is 6.08. The Labute approximate surface area is 162 Å². The molecule has 1 aromatic carbocycles. The van der Waals surface area contributed by atoms with E-state index in [4.69, 9.17) is 0 Å². The minimum Gasteiger partial charge on any atom is -0.341 e. The summed E-state index contributed by atoms with van der Waals surface area (Å²) in [5, 5.41) is 0. The predicted octanol–water partition coefficient (Wildman–Crippen LogP) is 4.14. The topological polar surface area (TPSA) is 57.7 Å². The molecular formula is C21H23F2N5. The van der Waals surface area contributed by atoms with Crippen molar-refractivity contribution in [3.8, 4) is 11.5 Å². The standard InChI is InChI=1S/C21H23F2N5/c1-13-10-24-21(25-13)20-9-19(26-14(2)27-20)16-4-3-5-28(12-16)11-15-6-17(22)8-18(23)7-15/h6-10,16H,3-5,11-12H2,1-2H3,(H,24,25)/t16-/m1/s1. The van der Waals surface area contributed by atoms with Crippen molar-refractivity contribution in [2.24, 2.45) is 0 Å². The average Bonchev–Trinajstić information content (AvgIpc) is 3.07. The average molecular weight is 383 g/mol. The van der Waals surface area contributed by atoms with Crippen LogP contribution in [0.2, 0.25) is 0 Å². The highest BCUT2D eigenvalue weighted by atomic mass is 19.1. The first-order chi connectivity index (χ1) is 13.5. The fourth-order valence-electron chi connectivity index (χ4n) is 3.87. The Balaban J connectivity index is 1.53. The maximum absolute atomic E-state index is 13.5. The Morgan fingerprint density at radius 1 is 1.11 bits per heavy atom. The van der Waals surface area contributed by atoms with Crippen LogP contribution in [0.15, 0.2) is 30.5 Å². The van der Waals surface area contributed by atoms with Gasteiger partial charge in [-0.25, -0.2) is 23.7 Å². The summed E-state index contributed by atoms with van der Waals surface area (Å²) < 4.78 is 27.0. The molecule has 1 N–H and O–H groups in total. The maximum Gasteiger partial charge on any atom is 0.156 e. The minimum atomic E-state index is -0.534. The first kappa shape index (κ1) is 18.7. The van der Waals surface area contributed by atoms with Gasteiger partial charge in [0.1, 0.15) is 23.2 Å². The second-order valence-electron chi connectivity index (χ2n) is 7.49. The van der Waals surface area contributed by atoms with Gasteiger partial charge in [0, 0.05) is 42.7 Å². The Morgan fingerprint density at radius 3 is 2.61 bits per heavy atom. The van der Waals surface area contributed by atoms with Crippen LogP contribution in [0, 0.1) is 25.5 Å². The van der Waals surface area contributed by atoms with Gasteiger partial charge in [-0.2, -0.15) is 0 Å². The van der Waals surface area contributed by atoms with Crippen LogP contribution < -0.4 is 0 Å². The summed E-state index contributed by atoms with van der Waals surface area (Å²) in [5.74, 6) is 0.642. The molecule has 0 saturated carbocycles. The summed E-state index contributed by atoms with van der Waals surface area (Å²) >= 11 is 0. The van der Waals surface area contributed by atoms with Crippen LogP contribution in [-0.2, 0) is 6.54 Å². The SMILES string of the molecule is Cc1nc(-c2ncc(C)[nH]2)cc([C@@H]2CCCN(Cc3cc(F)cc(F)c3)C2)n1. The molecule has 3 aromatic rings. The van der Waals surface area contributed by atoms with Crippen molar-refractivity contribution in [1.29, 1.82) is 0 Å². The van der Waals surface area contributed by atoms with Crippen molar-refractivity contribution < 1.29 is 8.78 Å². The number of H-pyrrole nitrogens is 1. The normalized spacial score (nSPS) is 17.8. The second kappa shape index (κ2) is 7.75. The van der Waals surface area contributed by atoms with Gasteiger partial charge in [-0.1, -0.05) is 0 Å². The van der Waals surface area contributed by atoms with Gasteiger partial charge in [-0.15, -0.1) is 0 Å². The Morgan fingerprint density at radius 2 is 1.89 bits per heavy atom. The van der Waals surface area contributed by atoms with Gasteiger partial charge in [0.2, 0.25) is 0 Å². The summed E-state index contributed by atoms with van der Waals surface area (Å²) in [6.07, 6.45) is 3.83. The van der Waals surface area contributed by atoms with Crippen LogP contribution in [0.25, 0.3) is 11.5 Å². The number of nitrogens with zero attached hydrogens (tertiary/aromatic N) is 4. The van der Waals surface area contributed by atoms with E-state index in [1.807, 2.05) is 19.9 Å². The fraction of sp³-hybridized carbons (Fsp3) is 0.381. The third-order valence-electron chi connectivity index (χ3n) is 5.06. The lowest BCUT2D eigenvalue weighted by Gasteiger charge is -2.32. The lowest BCUT2D eigenvalue weighted by Crippen LogP contribution is -2.34. The molecule has 0 aliphatic carbocycles. The molecule has 146 valence electrons. The van der Waals surface area contributed by atoms with Crippen LogP contribution in [-0.4, -0.2) is 37.9 Å². The number of likely N-dealkylation sites (tertiary alicyclic amines) is 1. The van der Waals surface area contributed by atoms with Crippen molar-refractivity contribution in [1.82, 2.24) is 24.8 Å². The number of aromatic amines is 1. The Bertz CT molecular complexity index is 964. The summed E-state index contributed by atoms with van der Waals surface area (Å²) in [4.78, 5) is 19.0. The van der Waals surface area contributed by atoms with E-state index in [1.54, 1.807) is 6.20 Å². The van der Waals surface area contributed by atoms with E-state index >= 15 is 0 Å².